The van der Waals surface area contributed by atoms with Crippen molar-refractivity contribution in [3.63, 3.8) is 0 Å². The Bertz CT molecular complexity index is 545. The minimum atomic E-state index is -2.83. The Balaban J connectivity index is 2.06. The second-order valence-corrected chi connectivity index (χ2v) is 4.70. The number of hydrogen-bond acceptors (Lipinski definition) is 3. The van der Waals surface area contributed by atoms with Crippen molar-refractivity contribution < 1.29 is 17.9 Å². The summed E-state index contributed by atoms with van der Waals surface area (Å²) >= 11 is 3.23. The molecule has 0 aliphatic heterocycles. The highest BCUT2D eigenvalue weighted by molar-refractivity contribution is 9.10. The highest BCUT2D eigenvalue weighted by atomic mass is 79.9. The number of alkyl halides is 2. The van der Waals surface area contributed by atoms with Gasteiger partial charge in [-0.15, -0.1) is 0 Å². The van der Waals surface area contributed by atoms with Gasteiger partial charge < -0.3 is 14.5 Å². The van der Waals surface area contributed by atoms with Crippen LogP contribution in [0, 0.1) is 0 Å². The van der Waals surface area contributed by atoms with Crippen molar-refractivity contribution in [3.05, 3.63) is 46.8 Å². The average Bonchev–Trinajstić information content (AvgIpc) is 2.75. The van der Waals surface area contributed by atoms with Gasteiger partial charge in [-0.3, -0.25) is 0 Å². The lowest BCUT2D eigenvalue weighted by Crippen LogP contribution is -2.06. The first kappa shape index (κ1) is 13.9. The maximum atomic E-state index is 12.1. The van der Waals surface area contributed by atoms with Crippen LogP contribution in [0.1, 0.15) is 18.7 Å². The molecule has 19 heavy (non-hydrogen) atoms. The molecule has 1 aromatic heterocycles. The number of ether oxygens (including phenoxy) is 1. The summed E-state index contributed by atoms with van der Waals surface area (Å²) in [5, 5.41) is 3.15. The van der Waals surface area contributed by atoms with Crippen LogP contribution >= 0.6 is 15.9 Å². The Morgan fingerprint density at radius 2 is 2.05 bits per heavy atom. The molecule has 1 heterocycles. The maximum absolute atomic E-state index is 12.1. The molecule has 0 bridgehead atoms. The molecule has 0 aliphatic rings. The molecule has 6 heteroatoms. The Labute approximate surface area is 117 Å². The summed E-state index contributed by atoms with van der Waals surface area (Å²) in [7, 11) is 0. The quantitative estimate of drug-likeness (QED) is 0.853. The molecule has 102 valence electrons. The predicted molar refractivity (Wildman–Crippen MR) is 71.5 cm³/mol. The van der Waals surface area contributed by atoms with Gasteiger partial charge in [0.25, 0.3) is 0 Å². The smallest absolute Gasteiger partial charge is 0.387 e. The number of furan rings is 1. The lowest BCUT2D eigenvalue weighted by Gasteiger charge is -2.14. The molecule has 0 saturated heterocycles. The molecule has 0 saturated carbocycles. The van der Waals surface area contributed by atoms with Crippen LogP contribution in [0.3, 0.4) is 0 Å². The topological polar surface area (TPSA) is 34.4 Å². The Kier molecular flexibility index (Phi) is 4.42. The first-order chi connectivity index (χ1) is 9.04. The summed E-state index contributed by atoms with van der Waals surface area (Å²) in [5.41, 5.74) is 0.679. The fourth-order valence-electron chi connectivity index (χ4n) is 1.64. The number of halogens is 3. The van der Waals surface area contributed by atoms with Crippen LogP contribution in [-0.4, -0.2) is 6.61 Å². The van der Waals surface area contributed by atoms with Crippen LogP contribution in [0.5, 0.6) is 5.75 Å². The SMILES string of the molecule is CC(Nc1cccc(OC(F)F)c1)c1ccc(Br)o1. The van der Waals surface area contributed by atoms with Crippen LogP contribution < -0.4 is 10.1 Å². The van der Waals surface area contributed by atoms with Crippen molar-refractivity contribution in [1.29, 1.82) is 0 Å². The van der Waals surface area contributed by atoms with E-state index >= 15 is 0 Å². The molecule has 1 N–H and O–H groups in total. The van der Waals surface area contributed by atoms with Crippen LogP contribution in [0.4, 0.5) is 14.5 Å². The van der Waals surface area contributed by atoms with Gasteiger partial charge in [0.15, 0.2) is 4.67 Å². The first-order valence-electron chi connectivity index (χ1n) is 5.61. The van der Waals surface area contributed by atoms with Crippen molar-refractivity contribution in [2.24, 2.45) is 0 Å². The fourth-order valence-corrected chi connectivity index (χ4v) is 1.96. The van der Waals surface area contributed by atoms with Gasteiger partial charge in [0.1, 0.15) is 11.5 Å². The largest absolute Gasteiger partial charge is 0.452 e. The van der Waals surface area contributed by atoms with Crippen LogP contribution in [0.2, 0.25) is 0 Å². The number of benzene rings is 1. The van der Waals surface area contributed by atoms with E-state index in [2.05, 4.69) is 26.0 Å². The van der Waals surface area contributed by atoms with Crippen molar-refractivity contribution >= 4 is 21.6 Å². The van der Waals surface area contributed by atoms with E-state index in [4.69, 9.17) is 4.42 Å². The maximum Gasteiger partial charge on any atom is 0.387 e. The normalized spacial score (nSPS) is 12.5. The third-order valence-electron chi connectivity index (χ3n) is 2.46. The Hall–Kier alpha value is -1.56. The van der Waals surface area contributed by atoms with Gasteiger partial charge >= 0.3 is 6.61 Å². The summed E-state index contributed by atoms with van der Waals surface area (Å²) < 4.78 is 34.6. The zero-order chi connectivity index (χ0) is 13.8. The van der Waals surface area contributed by atoms with Gasteiger partial charge in [-0.25, -0.2) is 0 Å². The van der Waals surface area contributed by atoms with Crippen molar-refractivity contribution in [1.82, 2.24) is 0 Å². The number of anilines is 1. The lowest BCUT2D eigenvalue weighted by molar-refractivity contribution is -0.0498. The number of nitrogens with one attached hydrogen (secondary N) is 1. The molecule has 3 nitrogen and oxygen atoms in total. The monoisotopic (exact) mass is 331 g/mol. The summed E-state index contributed by atoms with van der Waals surface area (Å²) in [5.74, 6) is 0.861. The molecule has 2 aromatic rings. The van der Waals surface area contributed by atoms with E-state index < -0.39 is 6.61 Å². The molecule has 0 radical (unpaired) electrons. The second kappa shape index (κ2) is 6.06. The van der Waals surface area contributed by atoms with Crippen LogP contribution in [0.25, 0.3) is 0 Å². The fraction of sp³-hybridized carbons (Fsp3) is 0.231. The molecular weight excluding hydrogens is 320 g/mol. The summed E-state index contributed by atoms with van der Waals surface area (Å²) in [6.07, 6.45) is 0. The first-order valence-corrected chi connectivity index (χ1v) is 6.40. The molecule has 1 aromatic carbocycles. The van der Waals surface area contributed by atoms with E-state index in [1.807, 2.05) is 13.0 Å². The summed E-state index contributed by atoms with van der Waals surface area (Å²) in [4.78, 5) is 0. The van der Waals surface area contributed by atoms with E-state index in [0.717, 1.165) is 5.76 Å². The van der Waals surface area contributed by atoms with Gasteiger partial charge in [0, 0.05) is 11.8 Å². The third-order valence-corrected chi connectivity index (χ3v) is 2.89. The molecule has 1 atom stereocenters. The van der Waals surface area contributed by atoms with E-state index in [0.29, 0.717) is 10.4 Å². The Morgan fingerprint density at radius 3 is 2.68 bits per heavy atom. The van der Waals surface area contributed by atoms with Crippen LogP contribution in [-0.2, 0) is 0 Å². The van der Waals surface area contributed by atoms with Crippen LogP contribution in [0.15, 0.2) is 45.5 Å². The number of rotatable bonds is 5. The van der Waals surface area contributed by atoms with Gasteiger partial charge in [0.05, 0.1) is 6.04 Å². The van der Waals surface area contributed by atoms with E-state index in [1.54, 1.807) is 18.2 Å². The summed E-state index contributed by atoms with van der Waals surface area (Å²) in [6, 6.07) is 9.95. The molecule has 1 unspecified atom stereocenters. The molecule has 0 aliphatic carbocycles. The van der Waals surface area contributed by atoms with E-state index in [-0.39, 0.29) is 11.8 Å². The minimum absolute atomic E-state index is 0.0897. The molecule has 2 rings (SSSR count). The third kappa shape index (κ3) is 3.96. The average molecular weight is 332 g/mol. The number of hydrogen-bond donors (Lipinski definition) is 1. The molecular formula is C13H12BrF2NO2. The Morgan fingerprint density at radius 1 is 1.26 bits per heavy atom. The molecule has 0 spiro atoms. The zero-order valence-corrected chi connectivity index (χ0v) is 11.7. The van der Waals surface area contributed by atoms with Gasteiger partial charge in [-0.2, -0.15) is 8.78 Å². The molecule has 0 fully saturated rings. The highest BCUT2D eigenvalue weighted by Gasteiger charge is 2.10. The van der Waals surface area contributed by atoms with Crippen molar-refractivity contribution in [2.45, 2.75) is 19.6 Å². The highest BCUT2D eigenvalue weighted by Crippen LogP contribution is 2.26. The van der Waals surface area contributed by atoms with Crippen molar-refractivity contribution in [3.8, 4) is 5.75 Å². The van der Waals surface area contributed by atoms with Gasteiger partial charge in [-0.05, 0) is 47.1 Å². The van der Waals surface area contributed by atoms with Gasteiger partial charge in [-0.1, -0.05) is 6.07 Å². The van der Waals surface area contributed by atoms with E-state index in [1.165, 1.54) is 12.1 Å². The standard InChI is InChI=1S/C13H12BrF2NO2/c1-8(11-5-6-12(14)19-11)17-9-3-2-4-10(7-9)18-13(15)16/h2-8,13,17H,1H3. The lowest BCUT2D eigenvalue weighted by atomic mass is 10.2. The predicted octanol–water partition coefficient (Wildman–Crippen LogP) is 4.82. The second-order valence-electron chi connectivity index (χ2n) is 3.91. The summed E-state index contributed by atoms with van der Waals surface area (Å²) in [6.45, 7) is -0.917. The zero-order valence-electron chi connectivity index (χ0n) is 10.1. The van der Waals surface area contributed by atoms with Gasteiger partial charge in [0.2, 0.25) is 0 Å². The molecule has 0 amide bonds. The minimum Gasteiger partial charge on any atom is -0.452 e. The van der Waals surface area contributed by atoms with Crippen molar-refractivity contribution in [2.75, 3.05) is 5.32 Å². The van der Waals surface area contributed by atoms with E-state index in [9.17, 15) is 8.78 Å².